The zero-order chi connectivity index (χ0) is 67.6. The van der Waals surface area contributed by atoms with Gasteiger partial charge in [0.05, 0.1) is 26.2 Å². The summed E-state index contributed by atoms with van der Waals surface area (Å²) in [5.74, 6) is -17.6. The maximum Gasteiger partial charge on any atom is 0.322 e. The Hall–Kier alpha value is -8.55. The van der Waals surface area contributed by atoms with Gasteiger partial charge in [0.1, 0.15) is 67.0 Å². The molecule has 1 aliphatic rings. The van der Waals surface area contributed by atoms with Crippen LogP contribution in [0.5, 0.6) is 0 Å². The molecule has 0 radical (unpaired) electrons. The van der Waals surface area contributed by atoms with Crippen LogP contribution in [0, 0.1) is 11.8 Å². The van der Waals surface area contributed by atoms with Gasteiger partial charge in [-0.15, -0.1) is 0 Å². The Bertz CT molecular complexity index is 2690. The van der Waals surface area contributed by atoms with Crippen LogP contribution in [0.25, 0.3) is 0 Å². The number of nitrogens with two attached hydrogens (primary N) is 5. The predicted octanol–water partition coefficient (Wildman–Crippen LogP) is -7.71. The van der Waals surface area contributed by atoms with Gasteiger partial charge in [0.2, 0.25) is 65.0 Å². The molecule has 12 atom stereocenters. The molecule has 1 aliphatic heterocycles. The van der Waals surface area contributed by atoms with Crippen LogP contribution >= 0.6 is 21.6 Å². The number of hydrogen-bond acceptors (Lipinski definition) is 20. The molecule has 0 spiro atoms. The Morgan fingerprint density at radius 1 is 0.622 bits per heavy atom. The Labute approximate surface area is 526 Å². The minimum atomic E-state index is -1.93. The number of guanidine groups is 2. The first-order valence-corrected chi connectivity index (χ1v) is 31.1. The summed E-state index contributed by atoms with van der Waals surface area (Å²) in [6.45, 7) is 2.64. The molecular formula is C53H86N18O17S2. The molecule has 1 saturated heterocycles. The third-order valence-corrected chi connectivity index (χ3v) is 16.1. The monoisotopic (exact) mass is 1310 g/mol. The third kappa shape index (κ3) is 28.7. The van der Waals surface area contributed by atoms with Gasteiger partial charge in [0.15, 0.2) is 11.9 Å². The van der Waals surface area contributed by atoms with Crippen LogP contribution < -0.4 is 87.2 Å². The van der Waals surface area contributed by atoms with E-state index in [1.165, 1.54) is 0 Å². The number of aliphatic hydroxyl groups is 2. The molecule has 90 heavy (non-hydrogen) atoms. The molecule has 0 bridgehead atoms. The van der Waals surface area contributed by atoms with Gasteiger partial charge in [-0.05, 0) is 43.1 Å². The summed E-state index contributed by atoms with van der Waals surface area (Å²) < 4.78 is 0. The van der Waals surface area contributed by atoms with Crippen molar-refractivity contribution in [1.29, 1.82) is 0 Å². The molecule has 1 aromatic carbocycles. The zero-order valence-corrected chi connectivity index (χ0v) is 52.0. The largest absolute Gasteiger partial charge is 0.481 e. The van der Waals surface area contributed by atoms with E-state index >= 15 is 0 Å². The summed E-state index contributed by atoms with van der Waals surface area (Å²) >= 11 is 0. The molecule has 502 valence electrons. The lowest BCUT2D eigenvalue weighted by Crippen LogP contribution is -2.62. The van der Waals surface area contributed by atoms with Crippen molar-refractivity contribution < 1.29 is 82.8 Å². The fraction of sp³-hybridized carbons (Fsp3) is 0.604. The molecular weight excluding hydrogens is 1220 g/mol. The van der Waals surface area contributed by atoms with Crippen LogP contribution in [0.1, 0.15) is 78.2 Å². The van der Waals surface area contributed by atoms with Gasteiger partial charge in [0.25, 0.3) is 0 Å². The highest BCUT2D eigenvalue weighted by Gasteiger charge is 2.38. The summed E-state index contributed by atoms with van der Waals surface area (Å²) in [6.07, 6.45) is -1.30. The minimum absolute atomic E-state index is 0.0103. The number of carboxylic acids is 2. The highest BCUT2D eigenvalue weighted by molar-refractivity contribution is 8.76. The van der Waals surface area contributed by atoms with Crippen LogP contribution in [0.3, 0.4) is 0 Å². The molecule has 0 saturated carbocycles. The number of hydrogen-bond donors (Lipinski definition) is 20. The highest BCUT2D eigenvalue weighted by Crippen LogP contribution is 2.24. The van der Waals surface area contributed by atoms with Crippen molar-refractivity contribution in [2.24, 2.45) is 50.5 Å². The van der Waals surface area contributed by atoms with E-state index in [0.29, 0.717) is 5.56 Å². The van der Waals surface area contributed by atoms with Gasteiger partial charge in [0, 0.05) is 31.0 Å². The normalized spacial score (nSPS) is 21.9. The minimum Gasteiger partial charge on any atom is -0.481 e. The van der Waals surface area contributed by atoms with Crippen molar-refractivity contribution in [3.8, 4) is 0 Å². The van der Waals surface area contributed by atoms with E-state index in [1.807, 2.05) is 0 Å². The number of aliphatic carboxylic acids is 2. The fourth-order valence-electron chi connectivity index (χ4n) is 8.21. The Balaban J connectivity index is 2.94. The number of aliphatic imine (C=N–C) groups is 2. The Morgan fingerprint density at radius 3 is 1.66 bits per heavy atom. The predicted molar refractivity (Wildman–Crippen MR) is 329 cm³/mol. The number of nitrogens with one attached hydrogen (secondary N) is 11. The molecule has 2 unspecified atom stereocenters. The SMILES string of the molecule is CC[C@H](C)[C@@H]1NC(=O)[C@H](CCCN=C(N)N)NC(=O)CNC(=O)[C@@H](NC(=O)[C@H](CO)NC(=O)[C@@H](N)CO)CSSCC(C(=O)N[C@@H](Cc2ccccc2)C(=O)NCC(=O)O)NC(=O)[C@H]([C@@H](C)CC)NC(=O)[C@H](CCCN=C(N)N)NC(=O)C(CC(=O)O)NC1=O. The lowest BCUT2D eigenvalue weighted by molar-refractivity contribution is -0.142. The van der Waals surface area contributed by atoms with Crippen LogP contribution in [-0.2, 0) is 68.7 Å². The highest BCUT2D eigenvalue weighted by atomic mass is 33.1. The van der Waals surface area contributed by atoms with Crippen molar-refractivity contribution in [1.82, 2.24) is 58.5 Å². The van der Waals surface area contributed by atoms with Gasteiger partial charge >= 0.3 is 11.9 Å². The average molecular weight is 1310 g/mol. The van der Waals surface area contributed by atoms with Crippen molar-refractivity contribution in [3.05, 3.63) is 35.9 Å². The first-order chi connectivity index (χ1) is 42.5. The lowest BCUT2D eigenvalue weighted by Gasteiger charge is -2.30. The molecule has 0 aliphatic carbocycles. The topological polar surface area (TPSA) is 590 Å². The molecule has 1 fully saturated rings. The number of carbonyl (C=O) groups is 13. The Kier molecular flexibility index (Phi) is 35.2. The van der Waals surface area contributed by atoms with Gasteiger partial charge in [-0.1, -0.05) is 92.5 Å². The van der Waals surface area contributed by atoms with Crippen molar-refractivity contribution in [3.63, 3.8) is 0 Å². The quantitative estimate of drug-likeness (QED) is 0.0168. The third-order valence-electron chi connectivity index (χ3n) is 13.7. The molecule has 0 aromatic heterocycles. The number of amides is 11. The molecule has 11 amide bonds. The second kappa shape index (κ2) is 40.9. The van der Waals surface area contributed by atoms with E-state index < -0.39 is 193 Å². The van der Waals surface area contributed by atoms with Crippen LogP contribution in [0.2, 0.25) is 0 Å². The molecule has 25 N–H and O–H groups in total. The van der Waals surface area contributed by atoms with Gasteiger partial charge < -0.3 is 108 Å². The lowest BCUT2D eigenvalue weighted by atomic mass is 9.96. The Morgan fingerprint density at radius 2 is 1.14 bits per heavy atom. The van der Waals surface area contributed by atoms with Crippen molar-refractivity contribution >= 4 is 110 Å². The number of benzene rings is 1. The van der Waals surface area contributed by atoms with Gasteiger partial charge in [-0.3, -0.25) is 72.3 Å². The van der Waals surface area contributed by atoms with Gasteiger partial charge in [-0.2, -0.15) is 0 Å². The number of carboxylic acid groups (broad SMARTS) is 2. The molecule has 35 nitrogen and oxygen atoms in total. The summed E-state index contributed by atoms with van der Waals surface area (Å²) in [6, 6.07) is -8.02. The van der Waals surface area contributed by atoms with E-state index in [4.69, 9.17) is 28.7 Å². The standard InChI is InChI=1S/C53H86N18O17S2/c1-5-26(3)40-50(87)66-33(19-38(75)76)47(84)64-31(15-11-17-60-53(57)58)46(83)71-41(27(4)6-2)51(88)69-36(49(86)65-32(43(80)62-21-39(77)78)18-28-12-8-7-9-13-28)25-90-89-24-35(68-48(85)34(23-73)67-42(79)29(54)22-72)44(81)61-20-37(74)63-30(45(82)70-40)14-10-16-59-52(55)56/h7-9,12-13,26-27,29-36,40-41,72-73H,5-6,10-11,14-25,54H2,1-4H3,(H,61,81)(H,62,80)(H,63,74)(H,64,84)(H,65,86)(H,66,87)(H,67,79)(H,68,85)(H,69,88)(H,70,82)(H,71,83)(H,75,76)(H,77,78)(H4,55,56,59)(H4,57,58,60)/t26-,27-,29-,30-,31-,32-,33?,34-,35-,36?,40-,41-/m0/s1. The molecule has 1 heterocycles. The zero-order valence-electron chi connectivity index (χ0n) is 50.3. The van der Waals surface area contributed by atoms with E-state index in [-0.39, 0.29) is 70.0 Å². The van der Waals surface area contributed by atoms with E-state index in [2.05, 4.69) is 68.5 Å². The summed E-state index contributed by atoms with van der Waals surface area (Å²) in [5, 5.41) is 65.5. The first kappa shape index (κ1) is 77.5. The number of nitrogens with zero attached hydrogens (tertiary/aromatic N) is 2. The van der Waals surface area contributed by atoms with Crippen LogP contribution in [0.4, 0.5) is 0 Å². The number of aliphatic hydroxyl groups excluding tert-OH is 2. The summed E-state index contributed by atoms with van der Waals surface area (Å²) in [4.78, 5) is 186. The van der Waals surface area contributed by atoms with Crippen LogP contribution in [-0.4, -0.2) is 221 Å². The smallest absolute Gasteiger partial charge is 0.322 e. The van der Waals surface area contributed by atoms with Crippen molar-refractivity contribution in [2.45, 2.75) is 139 Å². The summed E-state index contributed by atoms with van der Waals surface area (Å²) in [5.41, 5.74) is 28.1. The first-order valence-electron chi connectivity index (χ1n) is 28.6. The number of rotatable bonds is 27. The molecule has 37 heteroatoms. The van der Waals surface area contributed by atoms with E-state index in [1.54, 1.807) is 58.0 Å². The second-order valence-electron chi connectivity index (χ2n) is 20.8. The molecule has 2 rings (SSSR count). The number of carbonyl (C=O) groups excluding carboxylic acids is 11. The average Bonchev–Trinajstić information content (AvgIpc) is 2.27. The van der Waals surface area contributed by atoms with Gasteiger partial charge in [-0.25, -0.2) is 0 Å². The second-order valence-corrected chi connectivity index (χ2v) is 23.3. The van der Waals surface area contributed by atoms with Crippen LogP contribution in [0.15, 0.2) is 40.3 Å². The van der Waals surface area contributed by atoms with E-state index in [0.717, 1.165) is 21.6 Å². The maximum atomic E-state index is 14.7. The van der Waals surface area contributed by atoms with Crippen molar-refractivity contribution in [2.75, 3.05) is 50.9 Å². The summed E-state index contributed by atoms with van der Waals surface area (Å²) in [7, 11) is 1.60. The van der Waals surface area contributed by atoms with E-state index in [9.17, 15) is 82.8 Å². The molecule has 1 aromatic rings. The maximum absolute atomic E-state index is 14.7. The fourth-order valence-corrected chi connectivity index (χ4v) is 10.5.